The molecule has 4 aromatic rings. The molecule has 2 heterocycles. The van der Waals surface area contributed by atoms with Crippen LogP contribution in [0.4, 0.5) is 10.2 Å². The van der Waals surface area contributed by atoms with Gasteiger partial charge in [0.05, 0.1) is 5.52 Å². The number of nitrogens with zero attached hydrogens (tertiary/aromatic N) is 4. The SMILES string of the molecule is O=C(c1cccc(F)c1)N1CCN(c2nc(-c3ccc(Cl)cc3)nc3ccccc23)CC1. The van der Waals surface area contributed by atoms with E-state index in [1.165, 1.54) is 12.1 Å². The summed E-state index contributed by atoms with van der Waals surface area (Å²) in [6.07, 6.45) is 0. The Kier molecular flexibility index (Phi) is 5.45. The lowest BCUT2D eigenvalue weighted by Crippen LogP contribution is -2.49. The summed E-state index contributed by atoms with van der Waals surface area (Å²) in [6.45, 7) is 2.32. The van der Waals surface area contributed by atoms with E-state index in [-0.39, 0.29) is 5.91 Å². The molecule has 0 atom stereocenters. The predicted molar refractivity (Wildman–Crippen MR) is 125 cm³/mol. The lowest BCUT2D eigenvalue weighted by molar-refractivity contribution is 0.0746. The number of amides is 1. The molecule has 1 aliphatic heterocycles. The number of fused-ring (bicyclic) bond motifs is 1. The molecule has 0 unspecified atom stereocenters. The van der Waals surface area contributed by atoms with E-state index in [1.54, 1.807) is 17.0 Å². The van der Waals surface area contributed by atoms with Crippen molar-refractivity contribution in [1.29, 1.82) is 0 Å². The Morgan fingerprint density at radius 3 is 2.38 bits per heavy atom. The van der Waals surface area contributed by atoms with E-state index < -0.39 is 5.82 Å². The number of carbonyl (C=O) groups is 1. The van der Waals surface area contributed by atoms with Gasteiger partial charge < -0.3 is 9.80 Å². The van der Waals surface area contributed by atoms with Gasteiger partial charge in [0, 0.05) is 47.7 Å². The summed E-state index contributed by atoms with van der Waals surface area (Å²) < 4.78 is 13.5. The highest BCUT2D eigenvalue weighted by molar-refractivity contribution is 6.30. The van der Waals surface area contributed by atoms with E-state index in [0.29, 0.717) is 42.6 Å². The molecule has 5 rings (SSSR count). The molecule has 3 aromatic carbocycles. The third-order valence-electron chi connectivity index (χ3n) is 5.62. The van der Waals surface area contributed by atoms with Crippen molar-refractivity contribution in [2.45, 2.75) is 0 Å². The van der Waals surface area contributed by atoms with E-state index in [4.69, 9.17) is 21.6 Å². The molecule has 1 fully saturated rings. The highest BCUT2D eigenvalue weighted by Gasteiger charge is 2.25. The van der Waals surface area contributed by atoms with Gasteiger partial charge in [-0.2, -0.15) is 0 Å². The van der Waals surface area contributed by atoms with Crippen molar-refractivity contribution in [3.8, 4) is 11.4 Å². The Morgan fingerprint density at radius 1 is 0.875 bits per heavy atom. The van der Waals surface area contributed by atoms with Crippen LogP contribution in [0.5, 0.6) is 0 Å². The number of hydrogen-bond donors (Lipinski definition) is 0. The van der Waals surface area contributed by atoms with Crippen molar-refractivity contribution in [2.24, 2.45) is 0 Å². The van der Waals surface area contributed by atoms with Gasteiger partial charge in [-0.3, -0.25) is 4.79 Å². The third-order valence-corrected chi connectivity index (χ3v) is 5.88. The topological polar surface area (TPSA) is 49.3 Å². The number of rotatable bonds is 3. The highest BCUT2D eigenvalue weighted by Crippen LogP contribution is 2.29. The van der Waals surface area contributed by atoms with Gasteiger partial charge in [-0.05, 0) is 54.6 Å². The first kappa shape index (κ1) is 20.4. The van der Waals surface area contributed by atoms with Gasteiger partial charge >= 0.3 is 0 Å². The molecule has 0 saturated carbocycles. The Balaban J connectivity index is 1.42. The van der Waals surface area contributed by atoms with Crippen LogP contribution in [-0.2, 0) is 0 Å². The summed E-state index contributed by atoms with van der Waals surface area (Å²) in [7, 11) is 0. The van der Waals surface area contributed by atoms with Gasteiger partial charge in [0.2, 0.25) is 0 Å². The second-order valence-electron chi connectivity index (χ2n) is 7.68. The number of halogens is 2. The van der Waals surface area contributed by atoms with Crippen molar-refractivity contribution in [1.82, 2.24) is 14.9 Å². The fourth-order valence-corrected chi connectivity index (χ4v) is 4.08. The summed E-state index contributed by atoms with van der Waals surface area (Å²) in [5.74, 6) is 0.919. The number of hydrogen-bond acceptors (Lipinski definition) is 4. The average molecular weight is 447 g/mol. The van der Waals surface area contributed by atoms with Gasteiger partial charge in [0.1, 0.15) is 11.6 Å². The molecule has 0 bridgehead atoms. The fraction of sp³-hybridized carbons (Fsp3) is 0.160. The fourth-order valence-electron chi connectivity index (χ4n) is 3.95. The number of anilines is 1. The molecule has 1 aromatic heterocycles. The second kappa shape index (κ2) is 8.55. The summed E-state index contributed by atoms with van der Waals surface area (Å²) in [5, 5.41) is 1.63. The van der Waals surface area contributed by atoms with E-state index in [1.807, 2.05) is 48.5 Å². The molecule has 7 heteroatoms. The molecule has 32 heavy (non-hydrogen) atoms. The van der Waals surface area contributed by atoms with E-state index in [9.17, 15) is 9.18 Å². The van der Waals surface area contributed by atoms with Crippen LogP contribution in [0.1, 0.15) is 10.4 Å². The first-order chi connectivity index (χ1) is 15.6. The molecular formula is C25H20ClFN4O. The van der Waals surface area contributed by atoms with Crippen LogP contribution in [0, 0.1) is 5.82 Å². The lowest BCUT2D eigenvalue weighted by atomic mass is 10.1. The number of piperazine rings is 1. The van der Waals surface area contributed by atoms with Gasteiger partial charge in [0.25, 0.3) is 5.91 Å². The first-order valence-corrected chi connectivity index (χ1v) is 10.8. The molecule has 0 N–H and O–H groups in total. The lowest BCUT2D eigenvalue weighted by Gasteiger charge is -2.36. The zero-order valence-electron chi connectivity index (χ0n) is 17.2. The maximum Gasteiger partial charge on any atom is 0.254 e. The Labute approximate surface area is 190 Å². The zero-order chi connectivity index (χ0) is 22.1. The molecule has 1 saturated heterocycles. The van der Waals surface area contributed by atoms with Crippen LogP contribution < -0.4 is 4.90 Å². The smallest absolute Gasteiger partial charge is 0.254 e. The van der Waals surface area contributed by atoms with Gasteiger partial charge in [-0.15, -0.1) is 0 Å². The van der Waals surface area contributed by atoms with Crippen molar-refractivity contribution in [3.63, 3.8) is 0 Å². The maximum absolute atomic E-state index is 13.5. The summed E-state index contributed by atoms with van der Waals surface area (Å²) in [5.41, 5.74) is 2.12. The number of carbonyl (C=O) groups excluding carboxylic acids is 1. The van der Waals surface area contributed by atoms with Crippen LogP contribution in [-0.4, -0.2) is 47.0 Å². The minimum absolute atomic E-state index is 0.154. The van der Waals surface area contributed by atoms with Crippen LogP contribution in [0.15, 0.2) is 72.8 Å². The van der Waals surface area contributed by atoms with Gasteiger partial charge in [-0.25, -0.2) is 14.4 Å². The number of aromatic nitrogens is 2. The molecule has 0 aliphatic carbocycles. The largest absolute Gasteiger partial charge is 0.352 e. The molecular weight excluding hydrogens is 427 g/mol. The van der Waals surface area contributed by atoms with Crippen molar-refractivity contribution in [2.75, 3.05) is 31.1 Å². The van der Waals surface area contributed by atoms with E-state index >= 15 is 0 Å². The van der Waals surface area contributed by atoms with Crippen molar-refractivity contribution in [3.05, 3.63) is 89.2 Å². The summed E-state index contributed by atoms with van der Waals surface area (Å²) >= 11 is 6.04. The van der Waals surface area contributed by atoms with Crippen LogP contribution in [0.25, 0.3) is 22.3 Å². The van der Waals surface area contributed by atoms with Crippen LogP contribution in [0.2, 0.25) is 5.02 Å². The van der Waals surface area contributed by atoms with Gasteiger partial charge in [-0.1, -0.05) is 29.8 Å². The van der Waals surface area contributed by atoms with Crippen LogP contribution >= 0.6 is 11.6 Å². The number of para-hydroxylation sites is 1. The van der Waals surface area contributed by atoms with Crippen molar-refractivity contribution >= 4 is 34.2 Å². The quantitative estimate of drug-likeness (QED) is 0.442. The standard InChI is InChI=1S/C25H20ClFN4O/c26-19-10-8-17(9-11-19)23-28-22-7-2-1-6-21(22)24(29-23)30-12-14-31(15-13-30)25(32)18-4-3-5-20(27)16-18/h1-11,16H,12-15H2. The predicted octanol–water partition coefficient (Wildman–Crippen LogP) is 5.05. The third kappa shape index (κ3) is 4.01. The van der Waals surface area contributed by atoms with Crippen LogP contribution in [0.3, 0.4) is 0 Å². The Hall–Kier alpha value is -3.51. The molecule has 160 valence electrons. The molecule has 0 radical (unpaired) electrons. The molecule has 0 spiro atoms. The summed E-state index contributed by atoms with van der Waals surface area (Å²) in [4.78, 5) is 26.3. The molecule has 1 amide bonds. The normalized spacial score (nSPS) is 14.1. The second-order valence-corrected chi connectivity index (χ2v) is 8.12. The minimum atomic E-state index is -0.406. The zero-order valence-corrected chi connectivity index (χ0v) is 18.0. The molecule has 5 nitrogen and oxygen atoms in total. The van der Waals surface area contributed by atoms with E-state index in [2.05, 4.69) is 4.90 Å². The van der Waals surface area contributed by atoms with Crippen molar-refractivity contribution < 1.29 is 9.18 Å². The summed E-state index contributed by atoms with van der Waals surface area (Å²) in [6, 6.07) is 21.2. The first-order valence-electron chi connectivity index (χ1n) is 10.4. The number of benzene rings is 3. The Morgan fingerprint density at radius 2 is 1.62 bits per heavy atom. The van der Waals surface area contributed by atoms with Gasteiger partial charge in [0.15, 0.2) is 5.82 Å². The maximum atomic E-state index is 13.5. The Bertz CT molecular complexity index is 1290. The average Bonchev–Trinajstić information content (AvgIpc) is 2.83. The minimum Gasteiger partial charge on any atom is -0.352 e. The highest BCUT2D eigenvalue weighted by atomic mass is 35.5. The molecule has 1 aliphatic rings. The monoisotopic (exact) mass is 446 g/mol. The van der Waals surface area contributed by atoms with E-state index in [0.717, 1.165) is 22.3 Å².